The highest BCUT2D eigenvalue weighted by atomic mass is 19.4. The van der Waals surface area contributed by atoms with E-state index in [2.05, 4.69) is 10.1 Å². The van der Waals surface area contributed by atoms with Crippen LogP contribution in [-0.4, -0.2) is 77.1 Å². The van der Waals surface area contributed by atoms with E-state index < -0.39 is 47.8 Å². The van der Waals surface area contributed by atoms with Gasteiger partial charge in [-0.1, -0.05) is 6.92 Å². The Morgan fingerprint density at radius 3 is 2.10 bits per heavy atom. The summed E-state index contributed by atoms with van der Waals surface area (Å²) >= 11 is 0. The maximum atomic E-state index is 13.5. The normalized spacial score (nSPS) is 16.4. The number of benzene rings is 1. The molecule has 1 heterocycles. The smallest absolute Gasteiger partial charge is 0.434 e. The molecule has 16 heteroatoms. The number of amides is 1. The Balaban J connectivity index is 2.13. The fourth-order valence-electron chi connectivity index (χ4n) is 4.41. The van der Waals surface area contributed by atoms with Gasteiger partial charge in [-0.15, -0.1) is 0 Å². The Morgan fingerprint density at radius 1 is 1.05 bits per heavy atom. The summed E-state index contributed by atoms with van der Waals surface area (Å²) in [6.07, 6.45) is -22.1. The molecule has 1 amide bonds. The van der Waals surface area contributed by atoms with Crippen molar-refractivity contribution in [2.45, 2.75) is 76.2 Å². The van der Waals surface area contributed by atoms with Crippen LogP contribution in [0.5, 0.6) is 0 Å². The number of piperidine rings is 1. The number of likely N-dealkylation sites (tertiary alicyclic amines) is 1. The van der Waals surface area contributed by atoms with E-state index in [9.17, 15) is 49.1 Å². The third kappa shape index (κ3) is 9.34. The topological polar surface area (TPSA) is 82.1 Å². The minimum Gasteiger partial charge on any atom is -0.481 e. The highest BCUT2D eigenvalue weighted by Gasteiger charge is 2.60. The number of carboxylic acid groups (broad SMARTS) is 1. The van der Waals surface area contributed by atoms with E-state index in [1.165, 1.54) is 6.07 Å². The number of ether oxygens (including phenoxy) is 1. The number of carboxylic acids is 1. The number of rotatable bonds is 10. The maximum absolute atomic E-state index is 13.5. The summed E-state index contributed by atoms with van der Waals surface area (Å²) in [5.41, 5.74) is -1.26. The Bertz CT molecular complexity index is 1010. The van der Waals surface area contributed by atoms with E-state index in [-0.39, 0.29) is 63.1 Å². The van der Waals surface area contributed by atoms with Gasteiger partial charge in [0.25, 0.3) is 6.10 Å². The molecular formula is C24H30F9N3O4. The Kier molecular flexibility index (Phi) is 10.6. The quantitative estimate of drug-likeness (QED) is 0.245. The van der Waals surface area contributed by atoms with Crippen molar-refractivity contribution in [1.82, 2.24) is 9.80 Å². The van der Waals surface area contributed by atoms with E-state index in [0.29, 0.717) is 6.54 Å². The molecule has 0 atom stereocenters. The van der Waals surface area contributed by atoms with Gasteiger partial charge in [-0.05, 0) is 56.5 Å². The number of carbonyl (C=O) groups is 2. The van der Waals surface area contributed by atoms with Gasteiger partial charge in [-0.3, -0.25) is 9.69 Å². The third-order valence-corrected chi connectivity index (χ3v) is 6.65. The molecule has 1 aromatic carbocycles. The van der Waals surface area contributed by atoms with Crippen LogP contribution in [0.4, 0.5) is 50.0 Å². The minimum atomic E-state index is -5.84. The van der Waals surface area contributed by atoms with Gasteiger partial charge in [0.2, 0.25) is 0 Å². The molecule has 0 bridgehead atoms. The fraction of sp³-hybridized carbons (Fsp3) is 0.667. The number of carbonyl (C=O) groups excluding carboxylic acids is 1. The summed E-state index contributed by atoms with van der Waals surface area (Å²) in [7, 11) is 0. The van der Waals surface area contributed by atoms with Crippen LogP contribution in [0, 0.1) is 0 Å². The van der Waals surface area contributed by atoms with Crippen molar-refractivity contribution in [3.63, 3.8) is 0 Å². The molecule has 0 spiro atoms. The molecule has 1 saturated heterocycles. The largest absolute Gasteiger partial charge is 0.481 e. The molecule has 40 heavy (non-hydrogen) atoms. The van der Waals surface area contributed by atoms with Gasteiger partial charge in [0.15, 0.2) is 0 Å². The van der Waals surface area contributed by atoms with E-state index in [1.54, 1.807) is 13.8 Å². The van der Waals surface area contributed by atoms with Crippen LogP contribution >= 0.6 is 0 Å². The zero-order chi connectivity index (χ0) is 30.5. The van der Waals surface area contributed by atoms with Crippen LogP contribution in [0.1, 0.15) is 50.7 Å². The standard InChI is InChI=1S/C24H30F9N3O4/c1-3-36(14-15-11-16(22(25,26)27)13-17(12-15)34-8-4-5-18(37)38)21(2)6-9-35(10-7-21)20(39)40-19(23(28,29)30)24(31,32)33/h11-13,19,34H,3-10,14H2,1-2H3,(H,37,38). The number of hydrogen-bond donors (Lipinski definition) is 2. The van der Waals surface area contributed by atoms with Crippen molar-refractivity contribution in [3.8, 4) is 0 Å². The molecular weight excluding hydrogens is 565 g/mol. The number of alkyl halides is 9. The average molecular weight is 596 g/mol. The second kappa shape index (κ2) is 12.7. The first kappa shape index (κ1) is 33.3. The number of nitrogens with one attached hydrogen (secondary N) is 1. The summed E-state index contributed by atoms with van der Waals surface area (Å²) < 4.78 is 121. The van der Waals surface area contributed by atoms with Gasteiger partial charge < -0.3 is 20.1 Å². The average Bonchev–Trinajstić information content (AvgIpc) is 2.81. The Hall–Kier alpha value is -2.91. The zero-order valence-electron chi connectivity index (χ0n) is 21.6. The summed E-state index contributed by atoms with van der Waals surface area (Å²) in [4.78, 5) is 25.3. The minimum absolute atomic E-state index is 0.0232. The van der Waals surface area contributed by atoms with Crippen molar-refractivity contribution in [2.24, 2.45) is 0 Å². The fourth-order valence-corrected chi connectivity index (χ4v) is 4.41. The monoisotopic (exact) mass is 595 g/mol. The molecule has 228 valence electrons. The lowest BCUT2D eigenvalue weighted by atomic mass is 9.87. The first-order valence-electron chi connectivity index (χ1n) is 12.3. The molecule has 1 fully saturated rings. The molecule has 0 saturated carbocycles. The SMILES string of the molecule is CCN(Cc1cc(NCCCC(=O)O)cc(C(F)(F)F)c1)C1(C)CCN(C(=O)OC(C(F)(F)F)C(F)(F)F)CC1. The highest BCUT2D eigenvalue weighted by Crippen LogP contribution is 2.37. The van der Waals surface area contributed by atoms with Gasteiger partial charge in [-0.25, -0.2) is 4.79 Å². The second-order valence-electron chi connectivity index (χ2n) is 9.69. The van der Waals surface area contributed by atoms with Crippen molar-refractivity contribution in [2.75, 3.05) is 31.5 Å². The van der Waals surface area contributed by atoms with E-state index in [1.807, 2.05) is 4.90 Å². The molecule has 0 aromatic heterocycles. The number of hydrogen-bond acceptors (Lipinski definition) is 5. The molecule has 2 N–H and O–H groups in total. The number of nitrogens with zero attached hydrogens (tertiary/aromatic N) is 2. The number of anilines is 1. The number of halogens is 9. The first-order chi connectivity index (χ1) is 18.3. The van der Waals surface area contributed by atoms with Gasteiger partial charge in [-0.2, -0.15) is 39.5 Å². The zero-order valence-corrected chi connectivity index (χ0v) is 21.6. The predicted octanol–water partition coefficient (Wildman–Crippen LogP) is 6.29. The third-order valence-electron chi connectivity index (χ3n) is 6.65. The molecule has 2 rings (SSSR count). The first-order valence-corrected chi connectivity index (χ1v) is 12.3. The van der Waals surface area contributed by atoms with Crippen LogP contribution in [-0.2, 0) is 22.3 Å². The lowest BCUT2D eigenvalue weighted by Crippen LogP contribution is -2.55. The summed E-state index contributed by atoms with van der Waals surface area (Å²) in [5, 5.41) is 11.5. The molecule has 0 aliphatic carbocycles. The van der Waals surface area contributed by atoms with Crippen molar-refractivity contribution < 1.29 is 58.9 Å². The van der Waals surface area contributed by atoms with Crippen LogP contribution in [0.25, 0.3) is 0 Å². The van der Waals surface area contributed by atoms with Crippen molar-refractivity contribution in [1.29, 1.82) is 0 Å². The van der Waals surface area contributed by atoms with E-state index >= 15 is 0 Å². The van der Waals surface area contributed by atoms with Gasteiger partial charge >= 0.3 is 30.6 Å². The second-order valence-corrected chi connectivity index (χ2v) is 9.69. The molecule has 0 radical (unpaired) electrons. The van der Waals surface area contributed by atoms with Crippen LogP contribution < -0.4 is 5.32 Å². The van der Waals surface area contributed by atoms with E-state index in [4.69, 9.17) is 5.11 Å². The van der Waals surface area contributed by atoms with Crippen molar-refractivity contribution >= 4 is 17.7 Å². The Labute approximate surface area is 224 Å². The van der Waals surface area contributed by atoms with Gasteiger partial charge in [0.1, 0.15) is 0 Å². The molecule has 1 aliphatic heterocycles. The Morgan fingerprint density at radius 2 is 1.62 bits per heavy atom. The highest BCUT2D eigenvalue weighted by molar-refractivity contribution is 5.68. The van der Waals surface area contributed by atoms with Crippen LogP contribution in [0.3, 0.4) is 0 Å². The maximum Gasteiger partial charge on any atom is 0.434 e. The molecule has 1 aliphatic rings. The van der Waals surface area contributed by atoms with Gasteiger partial charge in [0.05, 0.1) is 5.56 Å². The van der Waals surface area contributed by atoms with Gasteiger partial charge in [0, 0.05) is 43.8 Å². The molecule has 0 unspecified atom stereocenters. The lowest BCUT2D eigenvalue weighted by molar-refractivity contribution is -0.308. The van der Waals surface area contributed by atoms with Crippen LogP contribution in [0.15, 0.2) is 18.2 Å². The summed E-state index contributed by atoms with van der Waals surface area (Å²) in [6.45, 7) is 3.50. The molecule has 7 nitrogen and oxygen atoms in total. The van der Waals surface area contributed by atoms with E-state index in [0.717, 1.165) is 17.0 Å². The number of aliphatic carboxylic acids is 1. The lowest BCUT2D eigenvalue weighted by Gasteiger charge is -2.46. The van der Waals surface area contributed by atoms with Crippen LogP contribution in [0.2, 0.25) is 0 Å². The summed E-state index contributed by atoms with van der Waals surface area (Å²) in [5.74, 6) is -1.04. The summed E-state index contributed by atoms with van der Waals surface area (Å²) in [6, 6.07) is 3.36. The molecule has 1 aromatic rings. The van der Waals surface area contributed by atoms with Crippen molar-refractivity contribution in [3.05, 3.63) is 29.3 Å². The predicted molar refractivity (Wildman–Crippen MR) is 124 cm³/mol.